The number of fused-ring (bicyclic) bond motifs is 1. The normalized spacial score (nSPS) is 18.1. The number of likely N-dealkylation sites (tertiary alicyclic amines) is 1. The molecule has 0 radical (unpaired) electrons. The van der Waals surface area contributed by atoms with Crippen molar-refractivity contribution >= 4 is 22.5 Å². The smallest absolute Gasteiger partial charge is 0.145 e. The zero-order chi connectivity index (χ0) is 21.2. The summed E-state index contributed by atoms with van der Waals surface area (Å²) in [6.45, 7) is 2.20. The number of hydrogen-bond acceptors (Lipinski definition) is 7. The predicted molar refractivity (Wildman–Crippen MR) is 121 cm³/mol. The second-order valence-corrected chi connectivity index (χ2v) is 8.89. The highest BCUT2D eigenvalue weighted by molar-refractivity contribution is 5.86. The average molecular weight is 417 g/mol. The van der Waals surface area contributed by atoms with Crippen LogP contribution in [0.5, 0.6) is 0 Å². The first-order chi connectivity index (χ1) is 15.1. The third-order valence-corrected chi connectivity index (χ3v) is 6.55. The van der Waals surface area contributed by atoms with Crippen LogP contribution in [0.2, 0.25) is 0 Å². The highest BCUT2D eigenvalue weighted by Crippen LogP contribution is 2.28. The maximum Gasteiger partial charge on any atom is 0.145 e. The fraction of sp³-hybridized carbons (Fsp3) is 0.458. The van der Waals surface area contributed by atoms with Gasteiger partial charge in [0.15, 0.2) is 0 Å². The molecule has 7 heteroatoms. The van der Waals surface area contributed by atoms with E-state index in [1.807, 2.05) is 18.2 Å². The van der Waals surface area contributed by atoms with Crippen molar-refractivity contribution in [2.45, 2.75) is 44.6 Å². The SMILES string of the molecule is CN1CCC(Nc2cncc(-c3ccc4nnc(CC(=O)C5CCC5)cc4c3)n2)CC1. The van der Waals surface area contributed by atoms with Crippen LogP contribution in [-0.4, -0.2) is 57.0 Å². The number of nitrogens with zero attached hydrogens (tertiary/aromatic N) is 5. The van der Waals surface area contributed by atoms with Gasteiger partial charge in [-0.25, -0.2) is 4.98 Å². The van der Waals surface area contributed by atoms with E-state index in [1.54, 1.807) is 12.4 Å². The molecule has 2 aromatic heterocycles. The van der Waals surface area contributed by atoms with Gasteiger partial charge in [-0.15, -0.1) is 0 Å². The van der Waals surface area contributed by atoms with Crippen LogP contribution in [0, 0.1) is 5.92 Å². The first kappa shape index (κ1) is 20.0. The van der Waals surface area contributed by atoms with Crippen LogP contribution in [0.3, 0.4) is 0 Å². The summed E-state index contributed by atoms with van der Waals surface area (Å²) < 4.78 is 0. The largest absolute Gasteiger partial charge is 0.366 e. The number of Topliss-reactive ketones (excluding diaryl/α,β-unsaturated/α-hetero) is 1. The van der Waals surface area contributed by atoms with Crippen LogP contribution in [0.4, 0.5) is 5.82 Å². The Balaban J connectivity index is 1.35. The fourth-order valence-electron chi connectivity index (χ4n) is 4.32. The Morgan fingerprint density at radius 2 is 1.94 bits per heavy atom. The van der Waals surface area contributed by atoms with Gasteiger partial charge in [0.25, 0.3) is 0 Å². The topological polar surface area (TPSA) is 83.9 Å². The Bertz CT molecular complexity index is 1090. The van der Waals surface area contributed by atoms with Gasteiger partial charge in [0, 0.05) is 22.9 Å². The van der Waals surface area contributed by atoms with Crippen LogP contribution in [0.15, 0.2) is 36.7 Å². The van der Waals surface area contributed by atoms with Crippen molar-refractivity contribution < 1.29 is 4.79 Å². The molecular weight excluding hydrogens is 388 g/mol. The molecule has 1 aromatic carbocycles. The molecule has 0 bridgehead atoms. The monoisotopic (exact) mass is 416 g/mol. The lowest BCUT2D eigenvalue weighted by molar-refractivity contribution is -0.124. The van der Waals surface area contributed by atoms with E-state index in [0.29, 0.717) is 12.5 Å². The molecule has 1 aliphatic carbocycles. The molecule has 7 nitrogen and oxygen atoms in total. The summed E-state index contributed by atoms with van der Waals surface area (Å²) in [5.74, 6) is 1.32. The molecule has 5 rings (SSSR count). The van der Waals surface area contributed by atoms with E-state index in [4.69, 9.17) is 4.98 Å². The van der Waals surface area contributed by atoms with Crippen LogP contribution in [0.25, 0.3) is 22.2 Å². The average Bonchev–Trinajstić information content (AvgIpc) is 2.74. The minimum atomic E-state index is 0.221. The first-order valence-electron chi connectivity index (χ1n) is 11.2. The zero-order valence-corrected chi connectivity index (χ0v) is 17.9. The maximum absolute atomic E-state index is 12.3. The number of hydrogen-bond donors (Lipinski definition) is 1. The molecule has 1 aliphatic heterocycles. The van der Waals surface area contributed by atoms with E-state index in [0.717, 1.165) is 78.9 Å². The number of ketones is 1. The molecule has 160 valence electrons. The van der Waals surface area contributed by atoms with Gasteiger partial charge in [-0.05, 0) is 64.0 Å². The second-order valence-electron chi connectivity index (χ2n) is 8.89. The number of nitrogens with one attached hydrogen (secondary N) is 1. The predicted octanol–water partition coefficient (Wildman–Crippen LogP) is 3.50. The van der Waals surface area contributed by atoms with Crippen molar-refractivity contribution in [3.05, 3.63) is 42.4 Å². The summed E-state index contributed by atoms with van der Waals surface area (Å²) in [6.07, 6.45) is 9.37. The summed E-state index contributed by atoms with van der Waals surface area (Å²) in [4.78, 5) is 23.9. The van der Waals surface area contributed by atoms with Crippen molar-refractivity contribution in [3.63, 3.8) is 0 Å². The van der Waals surface area contributed by atoms with E-state index in [1.165, 1.54) is 0 Å². The quantitative estimate of drug-likeness (QED) is 0.658. The van der Waals surface area contributed by atoms with Crippen molar-refractivity contribution in [1.29, 1.82) is 0 Å². The minimum Gasteiger partial charge on any atom is -0.366 e. The summed E-state index contributed by atoms with van der Waals surface area (Å²) in [6, 6.07) is 8.43. The van der Waals surface area contributed by atoms with Crippen LogP contribution in [-0.2, 0) is 11.2 Å². The van der Waals surface area contributed by atoms with Gasteiger partial charge < -0.3 is 10.2 Å². The minimum absolute atomic E-state index is 0.221. The summed E-state index contributed by atoms with van der Waals surface area (Å²) in [7, 11) is 2.16. The van der Waals surface area contributed by atoms with Crippen molar-refractivity contribution in [3.8, 4) is 11.3 Å². The van der Waals surface area contributed by atoms with Crippen molar-refractivity contribution in [2.24, 2.45) is 5.92 Å². The zero-order valence-electron chi connectivity index (χ0n) is 17.9. The molecule has 0 unspecified atom stereocenters. The lowest BCUT2D eigenvalue weighted by Gasteiger charge is -2.29. The van der Waals surface area contributed by atoms with Crippen LogP contribution in [0.1, 0.15) is 37.8 Å². The van der Waals surface area contributed by atoms with Gasteiger partial charge >= 0.3 is 0 Å². The van der Waals surface area contributed by atoms with Crippen LogP contribution < -0.4 is 5.32 Å². The molecule has 2 fully saturated rings. The number of carbonyl (C=O) groups is 1. The highest BCUT2D eigenvalue weighted by atomic mass is 16.1. The van der Waals surface area contributed by atoms with Gasteiger partial charge in [-0.1, -0.05) is 12.5 Å². The van der Waals surface area contributed by atoms with E-state index < -0.39 is 0 Å². The van der Waals surface area contributed by atoms with E-state index in [9.17, 15) is 4.79 Å². The molecule has 3 heterocycles. The fourth-order valence-corrected chi connectivity index (χ4v) is 4.32. The molecule has 0 spiro atoms. The number of aromatic nitrogens is 4. The van der Waals surface area contributed by atoms with Gasteiger partial charge in [-0.2, -0.15) is 10.2 Å². The second kappa shape index (κ2) is 8.67. The maximum atomic E-state index is 12.3. The Morgan fingerprint density at radius 1 is 1.10 bits per heavy atom. The van der Waals surface area contributed by atoms with Crippen molar-refractivity contribution in [2.75, 3.05) is 25.5 Å². The number of benzene rings is 1. The lowest BCUT2D eigenvalue weighted by atomic mass is 9.81. The van der Waals surface area contributed by atoms with Gasteiger partial charge in [0.05, 0.1) is 35.7 Å². The molecule has 0 atom stereocenters. The van der Waals surface area contributed by atoms with Crippen molar-refractivity contribution in [1.82, 2.24) is 25.1 Å². The number of rotatable bonds is 6. The van der Waals surface area contributed by atoms with Crippen LogP contribution >= 0.6 is 0 Å². The molecule has 31 heavy (non-hydrogen) atoms. The lowest BCUT2D eigenvalue weighted by Crippen LogP contribution is -2.36. The van der Waals surface area contributed by atoms with E-state index >= 15 is 0 Å². The van der Waals surface area contributed by atoms with Gasteiger partial charge in [0.1, 0.15) is 11.6 Å². The number of carbonyl (C=O) groups excluding carboxylic acids is 1. The molecule has 1 saturated heterocycles. The molecule has 2 aliphatic rings. The van der Waals surface area contributed by atoms with E-state index in [2.05, 4.69) is 38.5 Å². The Labute approximate surface area is 182 Å². The summed E-state index contributed by atoms with van der Waals surface area (Å²) in [5.41, 5.74) is 3.36. The Hall–Kier alpha value is -2.93. The Kier molecular flexibility index (Phi) is 5.59. The standard InChI is InChI=1S/C24H28N6O/c1-30-9-7-19(8-10-30)26-24-15-25-14-22(27-24)17-5-6-21-18(11-17)12-20(28-29-21)13-23(31)16-3-2-4-16/h5-6,11-12,14-16,19H,2-4,7-10,13H2,1H3,(H,26,27). The summed E-state index contributed by atoms with van der Waals surface area (Å²) >= 11 is 0. The van der Waals surface area contributed by atoms with E-state index in [-0.39, 0.29) is 11.7 Å². The molecule has 0 amide bonds. The number of anilines is 1. The Morgan fingerprint density at radius 3 is 2.71 bits per heavy atom. The first-order valence-corrected chi connectivity index (χ1v) is 11.2. The third kappa shape index (κ3) is 4.56. The third-order valence-electron chi connectivity index (χ3n) is 6.55. The highest BCUT2D eigenvalue weighted by Gasteiger charge is 2.25. The molecule has 1 saturated carbocycles. The molecule has 1 N–H and O–H groups in total. The summed E-state index contributed by atoms with van der Waals surface area (Å²) in [5, 5.41) is 13.1. The van der Waals surface area contributed by atoms with Gasteiger partial charge in [-0.3, -0.25) is 9.78 Å². The molecule has 3 aromatic rings. The molecular formula is C24H28N6O. The number of piperidine rings is 1. The van der Waals surface area contributed by atoms with Gasteiger partial charge in [0.2, 0.25) is 0 Å².